The molecule has 0 aliphatic carbocycles. The van der Waals surface area contributed by atoms with Gasteiger partial charge in [-0.1, -0.05) is 42.5 Å². The van der Waals surface area contributed by atoms with Crippen LogP contribution in [0.5, 0.6) is 0 Å². The summed E-state index contributed by atoms with van der Waals surface area (Å²) in [5, 5.41) is 5.35. The first-order valence-electron chi connectivity index (χ1n) is 8.52. The maximum absolute atomic E-state index is 12.6. The zero-order chi connectivity index (χ0) is 18.5. The van der Waals surface area contributed by atoms with Crippen LogP contribution in [0.2, 0.25) is 0 Å². The first-order valence-corrected chi connectivity index (χ1v) is 8.52. The molecule has 134 valence electrons. The molecule has 2 aromatic rings. The fourth-order valence-corrected chi connectivity index (χ4v) is 3.06. The zero-order valence-corrected chi connectivity index (χ0v) is 14.6. The monoisotopic (exact) mass is 351 g/mol. The van der Waals surface area contributed by atoms with Crippen molar-refractivity contribution in [3.8, 4) is 0 Å². The molecule has 3 rings (SSSR count). The number of likely N-dealkylation sites (tertiary alicyclic amines) is 1. The highest BCUT2D eigenvalue weighted by Crippen LogP contribution is 2.23. The van der Waals surface area contributed by atoms with Crippen molar-refractivity contribution in [3.63, 3.8) is 0 Å². The average molecular weight is 351 g/mol. The van der Waals surface area contributed by atoms with E-state index in [1.165, 1.54) is 7.05 Å². The van der Waals surface area contributed by atoms with Gasteiger partial charge in [-0.2, -0.15) is 0 Å². The van der Waals surface area contributed by atoms with Crippen LogP contribution >= 0.6 is 0 Å². The third kappa shape index (κ3) is 3.91. The van der Waals surface area contributed by atoms with Crippen LogP contribution in [-0.4, -0.2) is 36.2 Å². The van der Waals surface area contributed by atoms with E-state index in [1.807, 2.05) is 30.3 Å². The third-order valence-corrected chi connectivity index (χ3v) is 4.46. The number of benzene rings is 2. The van der Waals surface area contributed by atoms with Crippen LogP contribution in [-0.2, 0) is 16.1 Å². The molecule has 0 bridgehead atoms. The number of carbonyl (C=O) groups is 3. The number of rotatable bonds is 5. The Kier molecular flexibility index (Phi) is 5.31. The van der Waals surface area contributed by atoms with Crippen LogP contribution < -0.4 is 10.6 Å². The second-order valence-electron chi connectivity index (χ2n) is 6.27. The van der Waals surface area contributed by atoms with Gasteiger partial charge in [-0.05, 0) is 17.7 Å². The number of hydrogen-bond acceptors (Lipinski definition) is 3. The maximum atomic E-state index is 12.6. The summed E-state index contributed by atoms with van der Waals surface area (Å²) in [4.78, 5) is 38.5. The van der Waals surface area contributed by atoms with Gasteiger partial charge in [-0.15, -0.1) is 0 Å². The molecule has 6 nitrogen and oxygen atoms in total. The second-order valence-corrected chi connectivity index (χ2v) is 6.27. The molecule has 1 saturated heterocycles. The van der Waals surface area contributed by atoms with Gasteiger partial charge in [0.15, 0.2) is 0 Å². The lowest BCUT2D eigenvalue weighted by Gasteiger charge is -2.17. The Morgan fingerprint density at radius 2 is 1.77 bits per heavy atom. The van der Waals surface area contributed by atoms with Crippen LogP contribution in [0.15, 0.2) is 54.6 Å². The molecule has 6 heteroatoms. The Hall–Kier alpha value is -3.15. The van der Waals surface area contributed by atoms with Crippen molar-refractivity contribution >= 4 is 23.4 Å². The molecule has 1 aliphatic rings. The van der Waals surface area contributed by atoms with E-state index in [-0.39, 0.29) is 24.1 Å². The summed E-state index contributed by atoms with van der Waals surface area (Å²) < 4.78 is 0. The van der Waals surface area contributed by atoms with E-state index in [2.05, 4.69) is 10.6 Å². The normalized spacial score (nSPS) is 16.4. The van der Waals surface area contributed by atoms with E-state index in [1.54, 1.807) is 29.2 Å². The molecule has 1 fully saturated rings. The van der Waals surface area contributed by atoms with Crippen molar-refractivity contribution in [1.82, 2.24) is 10.2 Å². The summed E-state index contributed by atoms with van der Waals surface area (Å²) in [5.41, 5.74) is 1.88. The molecule has 3 amide bonds. The van der Waals surface area contributed by atoms with Crippen molar-refractivity contribution in [2.24, 2.45) is 5.92 Å². The molecule has 0 aromatic heterocycles. The molecule has 1 heterocycles. The third-order valence-electron chi connectivity index (χ3n) is 4.46. The van der Waals surface area contributed by atoms with Crippen LogP contribution in [0.25, 0.3) is 0 Å². The number of hydrogen-bond donors (Lipinski definition) is 2. The maximum Gasteiger partial charge on any atom is 0.253 e. The SMILES string of the molecule is CNC(=O)c1ccccc1NC(=O)C1CC(=O)N(Cc2ccccc2)C1. The van der Waals surface area contributed by atoms with Crippen LogP contribution in [0.3, 0.4) is 0 Å². The van der Waals surface area contributed by atoms with Gasteiger partial charge >= 0.3 is 0 Å². The molecule has 2 aromatic carbocycles. The Bertz CT molecular complexity index is 820. The summed E-state index contributed by atoms with van der Waals surface area (Å²) in [6, 6.07) is 16.5. The predicted octanol–water partition coefficient (Wildman–Crippen LogP) is 2.03. The van der Waals surface area contributed by atoms with E-state index in [4.69, 9.17) is 0 Å². The lowest BCUT2D eigenvalue weighted by atomic mass is 10.1. The fourth-order valence-electron chi connectivity index (χ4n) is 3.06. The van der Waals surface area contributed by atoms with Crippen molar-refractivity contribution < 1.29 is 14.4 Å². The number of nitrogens with zero attached hydrogens (tertiary/aromatic N) is 1. The number of carbonyl (C=O) groups excluding carboxylic acids is 3. The number of para-hydroxylation sites is 1. The van der Waals surface area contributed by atoms with E-state index in [9.17, 15) is 14.4 Å². The first-order chi connectivity index (χ1) is 12.6. The molecular weight excluding hydrogens is 330 g/mol. The molecule has 1 aliphatic heterocycles. The number of nitrogens with one attached hydrogen (secondary N) is 2. The Balaban J connectivity index is 1.66. The fraction of sp³-hybridized carbons (Fsp3) is 0.250. The van der Waals surface area contributed by atoms with Gasteiger partial charge in [0.25, 0.3) is 5.91 Å². The summed E-state index contributed by atoms with van der Waals surface area (Å²) in [6.07, 6.45) is 0.181. The Morgan fingerprint density at radius 3 is 2.50 bits per heavy atom. The van der Waals surface area contributed by atoms with Gasteiger partial charge in [0, 0.05) is 26.6 Å². The van der Waals surface area contributed by atoms with Crippen molar-refractivity contribution in [3.05, 3.63) is 65.7 Å². The summed E-state index contributed by atoms with van der Waals surface area (Å²) in [7, 11) is 1.54. The highest BCUT2D eigenvalue weighted by Gasteiger charge is 2.34. The smallest absolute Gasteiger partial charge is 0.253 e. The molecule has 0 spiro atoms. The molecule has 0 saturated carbocycles. The Morgan fingerprint density at radius 1 is 1.08 bits per heavy atom. The van der Waals surface area contributed by atoms with Gasteiger partial charge in [0.2, 0.25) is 11.8 Å². The molecule has 26 heavy (non-hydrogen) atoms. The highest BCUT2D eigenvalue weighted by molar-refractivity contribution is 6.05. The van der Waals surface area contributed by atoms with E-state index >= 15 is 0 Å². The summed E-state index contributed by atoms with van der Waals surface area (Å²) in [6.45, 7) is 0.875. The number of amides is 3. The minimum Gasteiger partial charge on any atom is -0.355 e. The van der Waals surface area contributed by atoms with Gasteiger partial charge in [0.1, 0.15) is 0 Å². The topological polar surface area (TPSA) is 78.5 Å². The van der Waals surface area contributed by atoms with Gasteiger partial charge in [-0.25, -0.2) is 0 Å². The molecule has 2 N–H and O–H groups in total. The predicted molar refractivity (Wildman–Crippen MR) is 98.4 cm³/mol. The van der Waals surface area contributed by atoms with Crippen LogP contribution in [0, 0.1) is 5.92 Å². The first kappa shape index (κ1) is 17.7. The standard InChI is InChI=1S/C20H21N3O3/c1-21-20(26)16-9-5-6-10-17(16)22-19(25)15-11-18(24)23(13-15)12-14-7-3-2-4-8-14/h2-10,15H,11-13H2,1H3,(H,21,26)(H,22,25). The van der Waals surface area contributed by atoms with Crippen molar-refractivity contribution in [2.45, 2.75) is 13.0 Å². The zero-order valence-electron chi connectivity index (χ0n) is 14.6. The van der Waals surface area contributed by atoms with E-state index < -0.39 is 5.92 Å². The lowest BCUT2D eigenvalue weighted by Crippen LogP contribution is -2.29. The largest absolute Gasteiger partial charge is 0.355 e. The highest BCUT2D eigenvalue weighted by atomic mass is 16.2. The summed E-state index contributed by atoms with van der Waals surface area (Å²) >= 11 is 0. The minimum atomic E-state index is -0.427. The van der Waals surface area contributed by atoms with Crippen molar-refractivity contribution in [1.29, 1.82) is 0 Å². The number of anilines is 1. The van der Waals surface area contributed by atoms with Crippen LogP contribution in [0.4, 0.5) is 5.69 Å². The molecular formula is C20H21N3O3. The Labute approximate surface area is 152 Å². The van der Waals surface area contributed by atoms with Gasteiger partial charge < -0.3 is 15.5 Å². The van der Waals surface area contributed by atoms with Crippen molar-refractivity contribution in [2.75, 3.05) is 18.9 Å². The summed E-state index contributed by atoms with van der Waals surface area (Å²) in [5.74, 6) is -0.975. The average Bonchev–Trinajstić information content (AvgIpc) is 3.03. The molecule has 0 radical (unpaired) electrons. The van der Waals surface area contributed by atoms with E-state index in [0.717, 1.165) is 5.56 Å². The van der Waals surface area contributed by atoms with Gasteiger partial charge in [-0.3, -0.25) is 14.4 Å². The van der Waals surface area contributed by atoms with E-state index in [0.29, 0.717) is 24.3 Å². The molecule has 1 atom stereocenters. The lowest BCUT2D eigenvalue weighted by molar-refractivity contribution is -0.128. The van der Waals surface area contributed by atoms with Crippen LogP contribution in [0.1, 0.15) is 22.3 Å². The quantitative estimate of drug-likeness (QED) is 0.865. The second kappa shape index (κ2) is 7.82. The minimum absolute atomic E-state index is 0.0337. The molecule has 1 unspecified atom stereocenters. The van der Waals surface area contributed by atoms with Gasteiger partial charge in [0.05, 0.1) is 17.2 Å².